The second-order valence-corrected chi connectivity index (χ2v) is 3.94. The highest BCUT2D eigenvalue weighted by Crippen LogP contribution is 2.19. The van der Waals surface area contributed by atoms with E-state index in [1.165, 1.54) is 0 Å². The van der Waals surface area contributed by atoms with E-state index in [1.807, 2.05) is 5.43 Å². The number of nitrogens with zero attached hydrogens (tertiary/aromatic N) is 2. The maximum Gasteiger partial charge on any atom is 0.265 e. The highest BCUT2D eigenvalue weighted by atomic mass is 16.2. The average molecular weight is 268 g/mol. The van der Waals surface area contributed by atoms with E-state index in [4.69, 9.17) is 5.84 Å². The third kappa shape index (κ3) is 3.33. The maximum atomic E-state index is 11.4. The van der Waals surface area contributed by atoms with Crippen LogP contribution in [0.5, 0.6) is 0 Å². The Bertz CT molecular complexity index is 668. The van der Waals surface area contributed by atoms with Crippen LogP contribution in [0.1, 0.15) is 20.7 Å². The van der Waals surface area contributed by atoms with Crippen LogP contribution in [0.15, 0.2) is 58.8 Å². The van der Waals surface area contributed by atoms with Gasteiger partial charge in [-0.25, -0.2) is 5.84 Å². The molecule has 0 radical (unpaired) electrons. The van der Waals surface area contributed by atoms with Crippen molar-refractivity contribution >= 4 is 23.6 Å². The van der Waals surface area contributed by atoms with Crippen LogP contribution in [-0.4, -0.2) is 12.2 Å². The first kappa shape index (κ1) is 13.6. The number of nitrogens with two attached hydrogens (primary N) is 1. The summed E-state index contributed by atoms with van der Waals surface area (Å²) in [5.41, 5.74) is 4.04. The lowest BCUT2D eigenvalue weighted by molar-refractivity contribution is 0.0953. The largest absolute Gasteiger partial charge is 0.298 e. The molecular formula is C14H12N4O2. The Morgan fingerprint density at radius 3 is 2.35 bits per heavy atom. The smallest absolute Gasteiger partial charge is 0.265 e. The first-order valence-electron chi connectivity index (χ1n) is 5.81. The number of azo groups is 1. The number of nitrogens with one attached hydrogen (secondary N) is 1. The van der Waals surface area contributed by atoms with Gasteiger partial charge >= 0.3 is 0 Å². The molecule has 100 valence electrons. The molecule has 0 aliphatic heterocycles. The minimum atomic E-state index is -0.398. The summed E-state index contributed by atoms with van der Waals surface area (Å²) in [4.78, 5) is 22.0. The molecule has 6 heteroatoms. The molecule has 2 aromatic rings. The van der Waals surface area contributed by atoms with Crippen molar-refractivity contribution in [2.45, 2.75) is 0 Å². The summed E-state index contributed by atoms with van der Waals surface area (Å²) in [5, 5.41) is 8.03. The first-order chi connectivity index (χ1) is 9.72. The Morgan fingerprint density at radius 1 is 1.05 bits per heavy atom. The summed E-state index contributed by atoms with van der Waals surface area (Å²) in [5.74, 6) is 4.67. The Balaban J connectivity index is 2.22. The molecule has 20 heavy (non-hydrogen) atoms. The van der Waals surface area contributed by atoms with Crippen molar-refractivity contribution in [2.24, 2.45) is 16.1 Å². The molecule has 0 aliphatic carbocycles. The van der Waals surface area contributed by atoms with Crippen molar-refractivity contribution in [1.29, 1.82) is 0 Å². The lowest BCUT2D eigenvalue weighted by Crippen LogP contribution is -2.29. The number of aldehydes is 1. The molecule has 0 atom stereocenters. The zero-order valence-corrected chi connectivity index (χ0v) is 10.5. The molecule has 0 bridgehead atoms. The molecular weight excluding hydrogens is 256 g/mol. The molecule has 2 aromatic carbocycles. The van der Waals surface area contributed by atoms with Crippen LogP contribution in [0.25, 0.3) is 0 Å². The highest BCUT2D eigenvalue weighted by Gasteiger charge is 2.03. The fourth-order valence-corrected chi connectivity index (χ4v) is 1.57. The molecule has 0 aromatic heterocycles. The van der Waals surface area contributed by atoms with Gasteiger partial charge in [-0.15, -0.1) is 0 Å². The van der Waals surface area contributed by atoms with Crippen LogP contribution < -0.4 is 11.3 Å². The summed E-state index contributed by atoms with van der Waals surface area (Å²) in [6.45, 7) is 0. The van der Waals surface area contributed by atoms with E-state index in [0.29, 0.717) is 22.5 Å². The van der Waals surface area contributed by atoms with E-state index < -0.39 is 5.91 Å². The standard InChI is InChI=1S/C14H12N4O2/c15-16-14(20)11-4-2-6-13(8-11)18-17-12-5-1-3-10(7-12)9-19/h1-9H,15H2,(H,16,20). The Kier molecular flexibility index (Phi) is 4.31. The molecule has 0 unspecified atom stereocenters. The van der Waals surface area contributed by atoms with Gasteiger partial charge in [-0.1, -0.05) is 18.2 Å². The summed E-state index contributed by atoms with van der Waals surface area (Å²) >= 11 is 0. The van der Waals surface area contributed by atoms with Gasteiger partial charge in [0.2, 0.25) is 0 Å². The van der Waals surface area contributed by atoms with Gasteiger partial charge in [0.1, 0.15) is 6.29 Å². The van der Waals surface area contributed by atoms with Crippen molar-refractivity contribution in [3.8, 4) is 0 Å². The molecule has 1 amide bonds. The van der Waals surface area contributed by atoms with Crippen LogP contribution in [0.3, 0.4) is 0 Å². The minimum Gasteiger partial charge on any atom is -0.298 e. The first-order valence-corrected chi connectivity index (χ1v) is 5.81. The number of hydrogen-bond acceptors (Lipinski definition) is 5. The van der Waals surface area contributed by atoms with E-state index in [1.54, 1.807) is 48.5 Å². The van der Waals surface area contributed by atoms with Crippen molar-refractivity contribution in [3.63, 3.8) is 0 Å². The number of carbonyl (C=O) groups excluding carboxylic acids is 2. The lowest BCUT2D eigenvalue weighted by Gasteiger charge is -1.99. The monoisotopic (exact) mass is 268 g/mol. The molecule has 0 fully saturated rings. The van der Waals surface area contributed by atoms with Crippen molar-refractivity contribution in [3.05, 3.63) is 59.7 Å². The predicted octanol–water partition coefficient (Wildman–Crippen LogP) is 2.52. The van der Waals surface area contributed by atoms with Crippen LogP contribution in [-0.2, 0) is 0 Å². The highest BCUT2D eigenvalue weighted by molar-refractivity contribution is 5.94. The number of benzene rings is 2. The van der Waals surface area contributed by atoms with E-state index in [9.17, 15) is 9.59 Å². The third-order valence-electron chi connectivity index (χ3n) is 2.53. The van der Waals surface area contributed by atoms with E-state index in [0.717, 1.165) is 6.29 Å². The quantitative estimate of drug-likeness (QED) is 0.293. The van der Waals surface area contributed by atoms with Crippen LogP contribution in [0, 0.1) is 0 Å². The molecule has 0 saturated heterocycles. The van der Waals surface area contributed by atoms with Crippen LogP contribution in [0.4, 0.5) is 11.4 Å². The van der Waals surface area contributed by atoms with E-state index in [2.05, 4.69) is 10.2 Å². The molecule has 3 N–H and O–H groups in total. The van der Waals surface area contributed by atoms with E-state index in [-0.39, 0.29) is 0 Å². The maximum absolute atomic E-state index is 11.4. The van der Waals surface area contributed by atoms with Gasteiger partial charge in [0.25, 0.3) is 5.91 Å². The summed E-state index contributed by atoms with van der Waals surface area (Å²) < 4.78 is 0. The van der Waals surface area contributed by atoms with Crippen LogP contribution >= 0.6 is 0 Å². The molecule has 0 spiro atoms. The van der Waals surface area contributed by atoms with Gasteiger partial charge in [-0.3, -0.25) is 15.0 Å². The Morgan fingerprint density at radius 2 is 1.70 bits per heavy atom. The fraction of sp³-hybridized carbons (Fsp3) is 0. The van der Waals surface area contributed by atoms with Gasteiger partial charge in [0, 0.05) is 11.1 Å². The SMILES string of the molecule is NNC(=O)c1cccc(N=Nc2cccc(C=O)c2)c1. The minimum absolute atomic E-state index is 0.394. The second kappa shape index (κ2) is 6.35. The topological polar surface area (TPSA) is 96.9 Å². The second-order valence-electron chi connectivity index (χ2n) is 3.94. The predicted molar refractivity (Wildman–Crippen MR) is 74.1 cm³/mol. The van der Waals surface area contributed by atoms with Gasteiger partial charge < -0.3 is 0 Å². The Hall–Kier alpha value is -2.86. The molecule has 0 aliphatic rings. The number of hydrogen-bond donors (Lipinski definition) is 2. The van der Waals surface area contributed by atoms with E-state index >= 15 is 0 Å². The van der Waals surface area contributed by atoms with Crippen molar-refractivity contribution < 1.29 is 9.59 Å². The lowest BCUT2D eigenvalue weighted by atomic mass is 10.2. The number of amides is 1. The number of rotatable bonds is 4. The van der Waals surface area contributed by atoms with Gasteiger partial charge in [0.05, 0.1) is 11.4 Å². The summed E-state index contributed by atoms with van der Waals surface area (Å²) in [6.07, 6.45) is 0.741. The van der Waals surface area contributed by atoms with Crippen molar-refractivity contribution in [1.82, 2.24) is 5.43 Å². The molecule has 0 heterocycles. The summed E-state index contributed by atoms with van der Waals surface area (Å²) in [7, 11) is 0. The molecule has 0 saturated carbocycles. The number of nitrogen functional groups attached to an aromatic ring is 1. The molecule has 2 rings (SSSR count). The number of hydrazine groups is 1. The molecule has 6 nitrogen and oxygen atoms in total. The van der Waals surface area contributed by atoms with Crippen molar-refractivity contribution in [2.75, 3.05) is 0 Å². The van der Waals surface area contributed by atoms with Gasteiger partial charge in [-0.05, 0) is 30.3 Å². The van der Waals surface area contributed by atoms with Crippen LogP contribution in [0.2, 0.25) is 0 Å². The fourth-order valence-electron chi connectivity index (χ4n) is 1.57. The normalized spacial score (nSPS) is 10.4. The Labute approximate surface area is 115 Å². The van der Waals surface area contributed by atoms with Gasteiger partial charge in [-0.2, -0.15) is 10.2 Å². The zero-order valence-electron chi connectivity index (χ0n) is 10.5. The zero-order chi connectivity index (χ0) is 14.4. The average Bonchev–Trinajstić information content (AvgIpc) is 2.52. The van der Waals surface area contributed by atoms with Gasteiger partial charge in [0.15, 0.2) is 0 Å². The third-order valence-corrected chi connectivity index (χ3v) is 2.53. The summed E-state index contributed by atoms with van der Waals surface area (Å²) in [6, 6.07) is 13.3. The number of carbonyl (C=O) groups is 2.